The molecule has 0 spiro atoms. The van der Waals surface area contributed by atoms with Crippen LogP contribution in [0.1, 0.15) is 25.3 Å². The minimum atomic E-state index is -0.361. The fraction of sp³-hybridized carbons (Fsp3) is 0.600. The number of nitro groups is 1. The summed E-state index contributed by atoms with van der Waals surface area (Å²) in [4.78, 5) is 12.7. The molecule has 1 fully saturated rings. The van der Waals surface area contributed by atoms with E-state index in [1.54, 1.807) is 12.1 Å². The lowest BCUT2D eigenvalue weighted by Gasteiger charge is -2.39. The molecule has 21 heavy (non-hydrogen) atoms. The maximum atomic E-state index is 10.6. The van der Waals surface area contributed by atoms with Crippen LogP contribution in [0.25, 0.3) is 0 Å². The fourth-order valence-corrected chi connectivity index (χ4v) is 3.05. The molecule has 2 rings (SSSR count). The number of halogens is 1. The van der Waals surface area contributed by atoms with Gasteiger partial charge in [-0.15, -0.1) is 12.4 Å². The van der Waals surface area contributed by atoms with E-state index < -0.39 is 0 Å². The topological polar surface area (TPSA) is 72.4 Å². The second kappa shape index (κ2) is 8.32. The van der Waals surface area contributed by atoms with Gasteiger partial charge < -0.3 is 5.73 Å². The zero-order valence-corrected chi connectivity index (χ0v) is 13.2. The summed E-state index contributed by atoms with van der Waals surface area (Å²) < 4.78 is 0. The van der Waals surface area contributed by atoms with Gasteiger partial charge in [-0.1, -0.05) is 19.1 Å². The Hall–Kier alpha value is -1.17. The Morgan fingerprint density at radius 1 is 1.38 bits per heavy atom. The lowest BCUT2D eigenvalue weighted by molar-refractivity contribution is -0.384. The molecule has 0 saturated carbocycles. The van der Waals surface area contributed by atoms with Gasteiger partial charge >= 0.3 is 0 Å². The van der Waals surface area contributed by atoms with E-state index in [4.69, 9.17) is 5.73 Å². The number of rotatable bonds is 5. The van der Waals surface area contributed by atoms with Crippen molar-refractivity contribution in [3.05, 3.63) is 39.9 Å². The van der Waals surface area contributed by atoms with Gasteiger partial charge in [-0.3, -0.25) is 15.0 Å². The van der Waals surface area contributed by atoms with Crippen molar-refractivity contribution < 1.29 is 4.92 Å². The summed E-state index contributed by atoms with van der Waals surface area (Å²) in [6, 6.07) is 7.33. The highest BCUT2D eigenvalue weighted by molar-refractivity contribution is 5.85. The summed E-state index contributed by atoms with van der Waals surface area (Å²) in [5.41, 5.74) is 7.19. The van der Waals surface area contributed by atoms with Crippen LogP contribution in [-0.4, -0.2) is 35.5 Å². The van der Waals surface area contributed by atoms with Crippen molar-refractivity contribution in [2.24, 2.45) is 11.7 Å². The number of hydrogen-bond donors (Lipinski definition) is 1. The maximum Gasteiger partial charge on any atom is 0.269 e. The highest BCUT2D eigenvalue weighted by Gasteiger charge is 2.26. The predicted octanol–water partition coefficient (Wildman–Crippen LogP) is 2.62. The average molecular weight is 314 g/mol. The zero-order valence-electron chi connectivity index (χ0n) is 12.4. The molecule has 1 aromatic rings. The van der Waals surface area contributed by atoms with Gasteiger partial charge in [0.2, 0.25) is 0 Å². The van der Waals surface area contributed by atoms with Crippen LogP contribution in [0.15, 0.2) is 24.3 Å². The van der Waals surface area contributed by atoms with E-state index in [1.165, 1.54) is 12.8 Å². The van der Waals surface area contributed by atoms with E-state index in [1.807, 2.05) is 12.1 Å². The Morgan fingerprint density at radius 3 is 2.62 bits per heavy atom. The van der Waals surface area contributed by atoms with Gasteiger partial charge in [0.1, 0.15) is 0 Å². The van der Waals surface area contributed by atoms with Crippen LogP contribution < -0.4 is 5.73 Å². The minimum absolute atomic E-state index is 0. The maximum absolute atomic E-state index is 10.6. The van der Waals surface area contributed by atoms with E-state index in [9.17, 15) is 10.1 Å². The summed E-state index contributed by atoms with van der Waals surface area (Å²) in [5, 5.41) is 10.6. The second-order valence-electron chi connectivity index (χ2n) is 5.63. The molecule has 5 nitrogen and oxygen atoms in total. The molecule has 1 heterocycles. The number of nitro benzene ring substituents is 1. The number of non-ortho nitro benzene ring substituents is 1. The first kappa shape index (κ1) is 17.9. The number of nitrogens with two attached hydrogens (primary N) is 1. The molecule has 0 aromatic heterocycles. The van der Waals surface area contributed by atoms with E-state index in [0.717, 1.165) is 25.1 Å². The lowest BCUT2D eigenvalue weighted by atomic mass is 9.90. The van der Waals surface area contributed by atoms with Crippen LogP contribution in [0.3, 0.4) is 0 Å². The van der Waals surface area contributed by atoms with Crippen LogP contribution >= 0.6 is 12.4 Å². The first-order chi connectivity index (χ1) is 9.61. The van der Waals surface area contributed by atoms with Crippen LogP contribution in [-0.2, 0) is 6.42 Å². The normalized spacial score (nSPS) is 22.6. The van der Waals surface area contributed by atoms with Crippen molar-refractivity contribution in [1.82, 2.24) is 4.90 Å². The minimum Gasteiger partial charge on any atom is -0.329 e. The molecule has 2 atom stereocenters. The second-order valence-corrected chi connectivity index (χ2v) is 5.63. The summed E-state index contributed by atoms with van der Waals surface area (Å²) in [6.07, 6.45) is 3.41. The van der Waals surface area contributed by atoms with Crippen LogP contribution in [0.2, 0.25) is 0 Å². The number of nitrogens with zero attached hydrogens (tertiary/aromatic N) is 2. The third-order valence-corrected chi connectivity index (χ3v) is 4.31. The van der Waals surface area contributed by atoms with Crippen molar-refractivity contribution in [3.63, 3.8) is 0 Å². The molecular weight excluding hydrogens is 290 g/mol. The van der Waals surface area contributed by atoms with Gasteiger partial charge in [-0.25, -0.2) is 0 Å². The predicted molar refractivity (Wildman–Crippen MR) is 86.9 cm³/mol. The van der Waals surface area contributed by atoms with Crippen molar-refractivity contribution in [1.29, 1.82) is 0 Å². The first-order valence-electron chi connectivity index (χ1n) is 7.29. The SMILES string of the molecule is CC1CCCN(CCc2ccc([N+](=O)[O-])cc2)C1CN.Cl. The fourth-order valence-electron chi connectivity index (χ4n) is 3.05. The molecule has 1 aliphatic heterocycles. The largest absolute Gasteiger partial charge is 0.329 e. The van der Waals surface area contributed by atoms with Gasteiger partial charge in [-0.05, 0) is 37.3 Å². The number of hydrogen-bond acceptors (Lipinski definition) is 4. The molecule has 1 saturated heterocycles. The standard InChI is InChI=1S/C15H23N3O2.ClH/c1-12-3-2-9-17(15(12)11-16)10-8-13-4-6-14(7-5-13)18(19)20;/h4-7,12,15H,2-3,8-11,16H2,1H3;1H. The van der Waals surface area contributed by atoms with E-state index in [0.29, 0.717) is 18.5 Å². The number of likely N-dealkylation sites (tertiary alicyclic amines) is 1. The molecule has 0 aliphatic carbocycles. The Balaban J connectivity index is 0.00000220. The molecule has 1 aliphatic rings. The van der Waals surface area contributed by atoms with Gasteiger partial charge in [0.15, 0.2) is 0 Å². The third-order valence-electron chi connectivity index (χ3n) is 4.31. The quantitative estimate of drug-likeness (QED) is 0.670. The highest BCUT2D eigenvalue weighted by atomic mass is 35.5. The van der Waals surface area contributed by atoms with E-state index >= 15 is 0 Å². The Bertz CT molecular complexity index is 453. The van der Waals surface area contributed by atoms with Gasteiger partial charge in [0.05, 0.1) is 4.92 Å². The average Bonchev–Trinajstić information content (AvgIpc) is 2.45. The molecule has 2 unspecified atom stereocenters. The Kier molecular flexibility index (Phi) is 7.08. The smallest absolute Gasteiger partial charge is 0.269 e. The molecule has 6 heteroatoms. The summed E-state index contributed by atoms with van der Waals surface area (Å²) in [7, 11) is 0. The first-order valence-corrected chi connectivity index (χ1v) is 7.29. The zero-order chi connectivity index (χ0) is 14.5. The molecule has 118 valence electrons. The Morgan fingerprint density at radius 2 is 2.05 bits per heavy atom. The molecule has 0 radical (unpaired) electrons. The van der Waals surface area contributed by atoms with Crippen LogP contribution in [0, 0.1) is 16.0 Å². The van der Waals surface area contributed by atoms with Crippen LogP contribution in [0.5, 0.6) is 0 Å². The molecule has 1 aromatic carbocycles. The lowest BCUT2D eigenvalue weighted by Crippen LogP contribution is -2.49. The number of benzene rings is 1. The monoisotopic (exact) mass is 313 g/mol. The van der Waals surface area contributed by atoms with Gasteiger partial charge in [0.25, 0.3) is 5.69 Å². The molecule has 0 bridgehead atoms. The summed E-state index contributed by atoms with van der Waals surface area (Å²) >= 11 is 0. The van der Waals surface area contributed by atoms with Crippen molar-refractivity contribution in [2.45, 2.75) is 32.2 Å². The molecule has 0 amide bonds. The molecule has 2 N–H and O–H groups in total. The van der Waals surface area contributed by atoms with Crippen LogP contribution in [0.4, 0.5) is 5.69 Å². The van der Waals surface area contributed by atoms with Gasteiger partial charge in [0, 0.05) is 31.3 Å². The van der Waals surface area contributed by atoms with Crippen molar-refractivity contribution in [2.75, 3.05) is 19.6 Å². The summed E-state index contributed by atoms with van der Waals surface area (Å²) in [6.45, 7) is 5.07. The third kappa shape index (κ3) is 4.66. The van der Waals surface area contributed by atoms with E-state index in [-0.39, 0.29) is 23.0 Å². The van der Waals surface area contributed by atoms with Crippen molar-refractivity contribution in [3.8, 4) is 0 Å². The highest BCUT2D eigenvalue weighted by Crippen LogP contribution is 2.23. The molecular formula is C15H24ClN3O2. The van der Waals surface area contributed by atoms with Gasteiger partial charge in [-0.2, -0.15) is 0 Å². The number of piperidine rings is 1. The Labute approximate surface area is 132 Å². The van der Waals surface area contributed by atoms with E-state index in [2.05, 4.69) is 11.8 Å². The summed E-state index contributed by atoms with van der Waals surface area (Å²) in [5.74, 6) is 0.658. The van der Waals surface area contributed by atoms with Crippen molar-refractivity contribution >= 4 is 18.1 Å².